The number of carbonyl (C=O) groups is 2. The maximum Gasteiger partial charge on any atom is 0.262 e. The highest BCUT2D eigenvalue weighted by Gasteiger charge is 2.31. The molecule has 0 saturated heterocycles. The van der Waals surface area contributed by atoms with E-state index < -0.39 is 17.4 Å². The molecule has 3 N–H and O–H groups in total. The van der Waals surface area contributed by atoms with Crippen LogP contribution in [-0.4, -0.2) is 23.5 Å². The number of hydrogen-bond acceptors (Lipinski definition) is 5. The summed E-state index contributed by atoms with van der Waals surface area (Å²) in [5, 5.41) is 2.15. The van der Waals surface area contributed by atoms with Crippen LogP contribution in [0.1, 0.15) is 20.7 Å². The molecule has 0 radical (unpaired) electrons. The first-order valence-electron chi connectivity index (χ1n) is 8.16. The predicted molar refractivity (Wildman–Crippen MR) is 100 cm³/mol. The number of nitrogens with zero attached hydrogens (tertiary/aromatic N) is 1. The number of methoxy groups -OCH3 is 1. The highest BCUT2D eigenvalue weighted by atomic mass is 16.5. The van der Waals surface area contributed by atoms with E-state index in [1.54, 1.807) is 25.3 Å². The number of rotatable bonds is 3. The number of ether oxygens (including phenoxy) is 1. The lowest BCUT2D eigenvalue weighted by Gasteiger charge is -2.15. The average molecular weight is 361 g/mol. The third-order valence-corrected chi connectivity index (χ3v) is 4.48. The molecule has 1 aliphatic heterocycles. The molecule has 0 fully saturated rings. The Morgan fingerprint density at radius 3 is 2.37 bits per heavy atom. The summed E-state index contributed by atoms with van der Waals surface area (Å²) in [6.45, 7) is 0. The number of nitrogens with two attached hydrogens (primary N) is 1. The number of amides is 2. The molecule has 27 heavy (non-hydrogen) atoms. The fourth-order valence-electron chi connectivity index (χ4n) is 3.22. The second-order valence-electron chi connectivity index (χ2n) is 6.03. The van der Waals surface area contributed by atoms with E-state index in [-0.39, 0.29) is 16.9 Å². The first kappa shape index (κ1) is 16.6. The van der Waals surface area contributed by atoms with Crippen LogP contribution in [0, 0.1) is 0 Å². The van der Waals surface area contributed by atoms with Crippen molar-refractivity contribution in [3.8, 4) is 22.6 Å². The van der Waals surface area contributed by atoms with E-state index in [0.717, 1.165) is 17.2 Å². The maximum absolute atomic E-state index is 12.6. The van der Waals surface area contributed by atoms with Crippen molar-refractivity contribution >= 4 is 17.6 Å². The van der Waals surface area contributed by atoms with Gasteiger partial charge in [-0.15, -0.1) is 0 Å². The monoisotopic (exact) mass is 361 g/mol. The minimum Gasteiger partial charge on any atom is -0.496 e. The highest BCUT2D eigenvalue weighted by molar-refractivity contribution is 6.23. The van der Waals surface area contributed by atoms with Crippen molar-refractivity contribution < 1.29 is 14.3 Å². The lowest BCUT2D eigenvalue weighted by Crippen LogP contribution is -2.24. The Morgan fingerprint density at radius 1 is 0.926 bits per heavy atom. The molecule has 2 aromatic carbocycles. The Balaban J connectivity index is 1.96. The zero-order valence-corrected chi connectivity index (χ0v) is 14.4. The number of benzene rings is 2. The van der Waals surface area contributed by atoms with Gasteiger partial charge >= 0.3 is 0 Å². The third kappa shape index (κ3) is 2.56. The molecule has 0 spiro atoms. The molecular formula is C20H15N3O4. The Bertz CT molecular complexity index is 1150. The van der Waals surface area contributed by atoms with E-state index in [1.807, 2.05) is 30.3 Å². The SMILES string of the molecule is COc1ccc(-n2c(N)c3c(cc2=O)C(=O)NC3=O)cc1-c1ccccc1. The van der Waals surface area contributed by atoms with Gasteiger partial charge in [0.25, 0.3) is 17.4 Å². The number of carbonyl (C=O) groups excluding carboxylic acids is 2. The summed E-state index contributed by atoms with van der Waals surface area (Å²) in [6, 6.07) is 15.8. The number of nitrogens with one attached hydrogen (secondary N) is 1. The number of aromatic nitrogens is 1. The quantitative estimate of drug-likeness (QED) is 0.694. The van der Waals surface area contributed by atoms with Crippen molar-refractivity contribution in [2.45, 2.75) is 0 Å². The Morgan fingerprint density at radius 2 is 1.67 bits per heavy atom. The molecule has 2 heterocycles. The molecule has 0 atom stereocenters. The van der Waals surface area contributed by atoms with Crippen LogP contribution in [0.4, 0.5) is 5.82 Å². The van der Waals surface area contributed by atoms with Gasteiger partial charge in [0.2, 0.25) is 0 Å². The van der Waals surface area contributed by atoms with Crippen LogP contribution < -0.4 is 21.3 Å². The molecule has 0 bridgehead atoms. The number of fused-ring (bicyclic) bond motifs is 1. The largest absolute Gasteiger partial charge is 0.496 e. The molecule has 0 unspecified atom stereocenters. The Hall–Kier alpha value is -3.87. The van der Waals surface area contributed by atoms with Crippen molar-refractivity contribution in [3.05, 3.63) is 76.1 Å². The van der Waals surface area contributed by atoms with Gasteiger partial charge in [-0.3, -0.25) is 24.3 Å². The molecule has 3 aromatic rings. The van der Waals surface area contributed by atoms with E-state index in [4.69, 9.17) is 10.5 Å². The van der Waals surface area contributed by atoms with Crippen molar-refractivity contribution in [2.75, 3.05) is 12.8 Å². The van der Waals surface area contributed by atoms with Gasteiger partial charge in [0.15, 0.2) is 0 Å². The van der Waals surface area contributed by atoms with Gasteiger partial charge in [-0.05, 0) is 23.8 Å². The summed E-state index contributed by atoms with van der Waals surface area (Å²) < 4.78 is 6.64. The second-order valence-corrected chi connectivity index (χ2v) is 6.03. The number of anilines is 1. The van der Waals surface area contributed by atoms with E-state index in [0.29, 0.717) is 11.4 Å². The van der Waals surface area contributed by atoms with Gasteiger partial charge in [-0.1, -0.05) is 30.3 Å². The van der Waals surface area contributed by atoms with Crippen LogP contribution in [0.15, 0.2) is 59.4 Å². The summed E-state index contributed by atoms with van der Waals surface area (Å²) in [5.74, 6) is -0.681. The molecule has 7 nitrogen and oxygen atoms in total. The van der Waals surface area contributed by atoms with Crippen molar-refractivity contribution in [2.24, 2.45) is 0 Å². The van der Waals surface area contributed by atoms with Crippen molar-refractivity contribution in [1.29, 1.82) is 0 Å². The number of hydrogen-bond donors (Lipinski definition) is 2. The topological polar surface area (TPSA) is 103 Å². The summed E-state index contributed by atoms with van der Waals surface area (Å²) in [4.78, 5) is 36.4. The molecular weight excluding hydrogens is 346 g/mol. The standard InChI is InChI=1S/C20H15N3O4/c1-27-15-8-7-12(9-13(15)11-5-3-2-4-6-11)23-16(24)10-14-17(18(23)21)20(26)22-19(14)25/h2-10H,21H2,1H3,(H,22,25,26). The van der Waals surface area contributed by atoms with Gasteiger partial charge in [0.1, 0.15) is 11.6 Å². The lowest BCUT2D eigenvalue weighted by molar-refractivity contribution is 0.0880. The molecule has 0 saturated carbocycles. The maximum atomic E-state index is 12.6. The minimum absolute atomic E-state index is 0.00413. The van der Waals surface area contributed by atoms with Gasteiger partial charge in [0.05, 0.1) is 23.9 Å². The van der Waals surface area contributed by atoms with Crippen molar-refractivity contribution in [3.63, 3.8) is 0 Å². The van der Waals surface area contributed by atoms with Crippen LogP contribution >= 0.6 is 0 Å². The molecule has 7 heteroatoms. The summed E-state index contributed by atoms with van der Waals surface area (Å²) >= 11 is 0. The van der Waals surface area contributed by atoms with E-state index in [9.17, 15) is 14.4 Å². The first-order chi connectivity index (χ1) is 13.0. The van der Waals surface area contributed by atoms with Crippen LogP contribution in [0.2, 0.25) is 0 Å². The van der Waals surface area contributed by atoms with Gasteiger partial charge in [0, 0.05) is 11.6 Å². The molecule has 0 aliphatic carbocycles. The van der Waals surface area contributed by atoms with E-state index >= 15 is 0 Å². The molecule has 4 rings (SSSR count). The summed E-state index contributed by atoms with van der Waals surface area (Å²) in [5.41, 5.74) is 7.74. The van der Waals surface area contributed by atoms with Crippen molar-refractivity contribution in [1.82, 2.24) is 9.88 Å². The second kappa shape index (κ2) is 6.14. The minimum atomic E-state index is -0.620. The third-order valence-electron chi connectivity index (χ3n) is 4.48. The zero-order chi connectivity index (χ0) is 19.1. The summed E-state index contributed by atoms with van der Waals surface area (Å²) in [7, 11) is 1.56. The number of imide groups is 1. The summed E-state index contributed by atoms with van der Waals surface area (Å²) in [6.07, 6.45) is 0. The Labute approximate surface area is 154 Å². The van der Waals surface area contributed by atoms with E-state index in [2.05, 4.69) is 5.32 Å². The Kier molecular flexibility index (Phi) is 3.77. The van der Waals surface area contributed by atoms with Gasteiger partial charge in [-0.25, -0.2) is 0 Å². The van der Waals surface area contributed by atoms with Crippen LogP contribution in [0.5, 0.6) is 5.75 Å². The van der Waals surface area contributed by atoms with Crippen LogP contribution in [0.3, 0.4) is 0 Å². The lowest BCUT2D eigenvalue weighted by atomic mass is 10.0. The van der Waals surface area contributed by atoms with Crippen LogP contribution in [-0.2, 0) is 0 Å². The first-order valence-corrected chi connectivity index (χ1v) is 8.16. The fourth-order valence-corrected chi connectivity index (χ4v) is 3.22. The average Bonchev–Trinajstić information content (AvgIpc) is 2.96. The van der Waals surface area contributed by atoms with Gasteiger partial charge < -0.3 is 10.5 Å². The molecule has 1 aliphatic rings. The normalized spacial score (nSPS) is 12.6. The van der Waals surface area contributed by atoms with Gasteiger partial charge in [-0.2, -0.15) is 0 Å². The fraction of sp³-hybridized carbons (Fsp3) is 0.0500. The number of pyridine rings is 1. The zero-order valence-electron chi connectivity index (χ0n) is 14.4. The molecule has 134 valence electrons. The van der Waals surface area contributed by atoms with Crippen LogP contribution in [0.25, 0.3) is 16.8 Å². The predicted octanol–water partition coefficient (Wildman–Crippen LogP) is 1.98. The smallest absolute Gasteiger partial charge is 0.262 e. The molecule has 2 amide bonds. The molecule has 1 aromatic heterocycles. The van der Waals surface area contributed by atoms with E-state index in [1.165, 1.54) is 4.57 Å². The highest BCUT2D eigenvalue weighted by Crippen LogP contribution is 2.33. The number of nitrogen functional groups attached to an aromatic ring is 1.